The topological polar surface area (TPSA) is 46.1 Å². The van der Waals surface area contributed by atoms with Gasteiger partial charge in [0.15, 0.2) is 0 Å². The van der Waals surface area contributed by atoms with Crippen molar-refractivity contribution >= 4 is 5.91 Å². The summed E-state index contributed by atoms with van der Waals surface area (Å²) in [6.07, 6.45) is 0. The molecule has 96 valence electrons. The molecule has 4 nitrogen and oxygen atoms in total. The molecule has 0 fully saturated rings. The Bertz CT molecular complexity index is 382. The number of hydrogen-bond acceptors (Lipinski definition) is 2. The van der Waals surface area contributed by atoms with Gasteiger partial charge in [-0.3, -0.25) is 9.47 Å². The van der Waals surface area contributed by atoms with Crippen molar-refractivity contribution < 1.29 is 4.79 Å². The quantitative estimate of drug-likeness (QED) is 0.844. The molecule has 1 aromatic heterocycles. The number of carbonyl (C=O) groups excluding carboxylic acids is 1. The molecule has 0 saturated carbocycles. The molecule has 0 aromatic carbocycles. The predicted molar refractivity (Wildman–Crippen MR) is 70.6 cm³/mol. The fourth-order valence-electron chi connectivity index (χ4n) is 1.60. The van der Waals surface area contributed by atoms with Gasteiger partial charge in [-0.05, 0) is 53.7 Å². The lowest BCUT2D eigenvalue weighted by Crippen LogP contribution is -2.48. The van der Waals surface area contributed by atoms with E-state index in [9.17, 15) is 4.79 Å². The highest BCUT2D eigenvalue weighted by molar-refractivity contribution is 5.83. The van der Waals surface area contributed by atoms with Crippen LogP contribution in [0, 0.1) is 13.8 Å². The highest BCUT2D eigenvalue weighted by Crippen LogP contribution is 2.06. The summed E-state index contributed by atoms with van der Waals surface area (Å²) in [6, 6.07) is 3.78. The smallest absolute Gasteiger partial charge is 0.244 e. The van der Waals surface area contributed by atoms with E-state index >= 15 is 0 Å². The van der Waals surface area contributed by atoms with Crippen LogP contribution >= 0.6 is 0 Å². The van der Waals surface area contributed by atoms with Crippen LogP contribution < -0.4 is 10.7 Å². The summed E-state index contributed by atoms with van der Waals surface area (Å²) >= 11 is 0. The Morgan fingerprint density at radius 1 is 1.24 bits per heavy atom. The molecule has 1 unspecified atom stereocenters. The lowest BCUT2D eigenvalue weighted by molar-refractivity contribution is -0.123. The van der Waals surface area contributed by atoms with Gasteiger partial charge in [-0.1, -0.05) is 0 Å². The molecule has 2 N–H and O–H groups in total. The Labute approximate surface area is 103 Å². The second kappa shape index (κ2) is 4.82. The first-order valence-corrected chi connectivity index (χ1v) is 5.94. The normalized spacial score (nSPS) is 13.3. The first-order chi connectivity index (χ1) is 7.70. The van der Waals surface area contributed by atoms with Crippen LogP contribution in [0.2, 0.25) is 0 Å². The van der Waals surface area contributed by atoms with Crippen molar-refractivity contribution in [1.29, 1.82) is 0 Å². The summed E-state index contributed by atoms with van der Waals surface area (Å²) in [5.74, 6) is 0.00463. The SMILES string of the molecule is Cc1ccc(C)n1NC(C)C(=O)NC(C)(C)C. The minimum absolute atomic E-state index is 0.00463. The first kappa shape index (κ1) is 13.6. The van der Waals surface area contributed by atoms with Crippen LogP contribution in [0.25, 0.3) is 0 Å². The number of nitrogens with one attached hydrogen (secondary N) is 2. The van der Waals surface area contributed by atoms with E-state index < -0.39 is 0 Å². The number of aromatic nitrogens is 1. The molecule has 0 aliphatic carbocycles. The monoisotopic (exact) mass is 237 g/mol. The molecule has 1 heterocycles. The highest BCUT2D eigenvalue weighted by Gasteiger charge is 2.19. The number of carbonyl (C=O) groups is 1. The zero-order chi connectivity index (χ0) is 13.2. The van der Waals surface area contributed by atoms with E-state index in [-0.39, 0.29) is 17.5 Å². The number of nitrogens with zero attached hydrogens (tertiary/aromatic N) is 1. The lowest BCUT2D eigenvalue weighted by Gasteiger charge is -2.25. The van der Waals surface area contributed by atoms with Crippen LogP contribution in [0.4, 0.5) is 0 Å². The fraction of sp³-hybridized carbons (Fsp3) is 0.615. The van der Waals surface area contributed by atoms with Crippen LogP contribution in [-0.2, 0) is 4.79 Å². The van der Waals surface area contributed by atoms with Gasteiger partial charge in [0.05, 0.1) is 0 Å². The highest BCUT2D eigenvalue weighted by atomic mass is 16.2. The van der Waals surface area contributed by atoms with E-state index in [0.717, 1.165) is 11.4 Å². The van der Waals surface area contributed by atoms with Crippen LogP contribution in [0.15, 0.2) is 12.1 Å². The van der Waals surface area contributed by atoms with Crippen LogP contribution in [-0.4, -0.2) is 22.2 Å². The van der Waals surface area contributed by atoms with Crippen LogP contribution in [0.3, 0.4) is 0 Å². The average Bonchev–Trinajstić information content (AvgIpc) is 2.46. The Morgan fingerprint density at radius 3 is 2.12 bits per heavy atom. The second-order valence-corrected chi connectivity index (χ2v) is 5.54. The van der Waals surface area contributed by atoms with Gasteiger partial charge in [0, 0.05) is 16.9 Å². The van der Waals surface area contributed by atoms with Gasteiger partial charge in [-0.25, -0.2) is 0 Å². The maximum Gasteiger partial charge on any atom is 0.244 e. The first-order valence-electron chi connectivity index (χ1n) is 5.94. The van der Waals surface area contributed by atoms with Gasteiger partial charge in [0.1, 0.15) is 6.04 Å². The van der Waals surface area contributed by atoms with E-state index in [1.54, 1.807) is 0 Å². The van der Waals surface area contributed by atoms with Gasteiger partial charge in [0.25, 0.3) is 0 Å². The number of amides is 1. The molecular formula is C13H23N3O. The average molecular weight is 237 g/mol. The molecule has 1 rings (SSSR count). The van der Waals surface area contributed by atoms with E-state index in [2.05, 4.69) is 10.7 Å². The molecule has 1 aromatic rings. The fourth-order valence-corrected chi connectivity index (χ4v) is 1.60. The minimum atomic E-state index is -0.265. The molecule has 0 saturated heterocycles. The Kier molecular flexibility index (Phi) is 3.86. The summed E-state index contributed by atoms with van der Waals surface area (Å²) in [5, 5.41) is 2.96. The number of hydrogen-bond donors (Lipinski definition) is 2. The van der Waals surface area contributed by atoms with Gasteiger partial charge in [0.2, 0.25) is 5.91 Å². The molecule has 17 heavy (non-hydrogen) atoms. The van der Waals surface area contributed by atoms with Crippen molar-refractivity contribution in [2.24, 2.45) is 0 Å². The Morgan fingerprint density at radius 2 is 1.71 bits per heavy atom. The number of aryl methyl sites for hydroxylation is 2. The predicted octanol–water partition coefficient (Wildman–Crippen LogP) is 1.95. The molecule has 0 bridgehead atoms. The largest absolute Gasteiger partial charge is 0.350 e. The molecule has 1 amide bonds. The summed E-state index contributed by atoms with van der Waals surface area (Å²) in [6.45, 7) is 11.8. The Hall–Kier alpha value is -1.45. The standard InChI is InChI=1S/C13H23N3O/c1-9-7-8-10(2)16(9)15-11(3)12(17)14-13(4,5)6/h7-8,11,15H,1-6H3,(H,14,17). The zero-order valence-corrected chi connectivity index (χ0v) is 11.6. The van der Waals surface area contributed by atoms with E-state index in [4.69, 9.17) is 0 Å². The van der Waals surface area contributed by atoms with E-state index in [0.29, 0.717) is 0 Å². The van der Waals surface area contributed by atoms with Crippen LogP contribution in [0.1, 0.15) is 39.1 Å². The summed E-state index contributed by atoms with van der Waals surface area (Å²) in [4.78, 5) is 11.9. The summed E-state index contributed by atoms with van der Waals surface area (Å²) < 4.78 is 1.94. The van der Waals surface area contributed by atoms with E-state index in [1.807, 2.05) is 58.4 Å². The molecule has 0 aliphatic heterocycles. The van der Waals surface area contributed by atoms with Crippen molar-refractivity contribution in [2.75, 3.05) is 5.43 Å². The van der Waals surface area contributed by atoms with Crippen molar-refractivity contribution in [3.8, 4) is 0 Å². The third-order valence-electron chi connectivity index (χ3n) is 2.49. The minimum Gasteiger partial charge on any atom is -0.350 e. The van der Waals surface area contributed by atoms with Crippen LogP contribution in [0.5, 0.6) is 0 Å². The molecule has 4 heteroatoms. The number of rotatable bonds is 3. The van der Waals surface area contributed by atoms with Gasteiger partial charge >= 0.3 is 0 Å². The lowest BCUT2D eigenvalue weighted by atomic mass is 10.1. The van der Waals surface area contributed by atoms with Crippen molar-refractivity contribution in [1.82, 2.24) is 9.99 Å². The maximum absolute atomic E-state index is 11.9. The van der Waals surface area contributed by atoms with E-state index in [1.165, 1.54) is 0 Å². The third-order valence-corrected chi connectivity index (χ3v) is 2.49. The summed E-state index contributed by atoms with van der Waals surface area (Å²) in [5.41, 5.74) is 5.18. The maximum atomic E-state index is 11.9. The molecular weight excluding hydrogens is 214 g/mol. The van der Waals surface area contributed by atoms with Crippen molar-refractivity contribution in [2.45, 2.75) is 53.1 Å². The molecule has 0 radical (unpaired) electrons. The Balaban J connectivity index is 2.67. The molecule has 1 atom stereocenters. The van der Waals surface area contributed by atoms with Crippen molar-refractivity contribution in [3.63, 3.8) is 0 Å². The van der Waals surface area contributed by atoms with Gasteiger partial charge in [-0.15, -0.1) is 0 Å². The zero-order valence-electron chi connectivity index (χ0n) is 11.6. The summed E-state index contributed by atoms with van der Waals surface area (Å²) in [7, 11) is 0. The van der Waals surface area contributed by atoms with Gasteiger partial charge < -0.3 is 10.7 Å². The van der Waals surface area contributed by atoms with Crippen molar-refractivity contribution in [3.05, 3.63) is 23.5 Å². The second-order valence-electron chi connectivity index (χ2n) is 5.54. The van der Waals surface area contributed by atoms with Gasteiger partial charge in [-0.2, -0.15) is 0 Å². The molecule has 0 spiro atoms. The third kappa shape index (κ3) is 3.80. The molecule has 0 aliphatic rings.